The van der Waals surface area contributed by atoms with Crippen molar-refractivity contribution in [2.24, 2.45) is 5.73 Å². The van der Waals surface area contributed by atoms with Crippen molar-refractivity contribution in [2.75, 3.05) is 6.61 Å². The number of carbonyl (C=O) groups excluding carboxylic acids is 1. The predicted molar refractivity (Wildman–Crippen MR) is 70.7 cm³/mol. The van der Waals surface area contributed by atoms with E-state index in [-0.39, 0.29) is 30.6 Å². The molecule has 0 spiro atoms. The van der Waals surface area contributed by atoms with E-state index in [4.69, 9.17) is 5.73 Å². The summed E-state index contributed by atoms with van der Waals surface area (Å²) in [5, 5.41) is 2.59. The first kappa shape index (κ1) is 18.5. The number of rotatable bonds is 5. The molecule has 0 aromatic heterocycles. The number of hydrogen-bond acceptors (Lipinski definition) is 3. The second-order valence-electron chi connectivity index (χ2n) is 4.05. The molecule has 0 fully saturated rings. The molecule has 1 rings (SSSR count). The first-order valence-corrected chi connectivity index (χ1v) is 5.60. The Balaban J connectivity index is 0.00000361. The van der Waals surface area contributed by atoms with Crippen LogP contribution >= 0.6 is 12.4 Å². The van der Waals surface area contributed by atoms with E-state index in [0.29, 0.717) is 0 Å². The minimum atomic E-state index is -4.36. The molecule has 0 bridgehead atoms. The van der Waals surface area contributed by atoms with Crippen molar-refractivity contribution in [1.29, 1.82) is 0 Å². The van der Waals surface area contributed by atoms with E-state index < -0.39 is 18.8 Å². The Kier molecular flexibility index (Phi) is 7.38. The zero-order valence-corrected chi connectivity index (χ0v) is 11.6. The lowest BCUT2D eigenvalue weighted by atomic mass is 10.2. The summed E-state index contributed by atoms with van der Waals surface area (Å²) in [4.78, 5) is 11.2. The molecule has 1 amide bonds. The fourth-order valence-corrected chi connectivity index (χ4v) is 1.22. The van der Waals surface area contributed by atoms with Crippen LogP contribution < -0.4 is 15.8 Å². The SMILES string of the molecule is C[C@H](N)C(=O)NCc1ccc(OCC(F)(F)F)cc1.Cl. The van der Waals surface area contributed by atoms with Gasteiger partial charge in [-0.2, -0.15) is 13.2 Å². The second kappa shape index (κ2) is 7.96. The molecular formula is C12H16ClF3N2O2. The predicted octanol–water partition coefficient (Wildman–Crippen LogP) is 2.01. The van der Waals surface area contributed by atoms with Crippen LogP contribution in [0.25, 0.3) is 0 Å². The number of nitrogens with one attached hydrogen (secondary N) is 1. The molecule has 0 aliphatic carbocycles. The monoisotopic (exact) mass is 312 g/mol. The maximum atomic E-state index is 11.9. The highest BCUT2D eigenvalue weighted by molar-refractivity contribution is 5.85. The highest BCUT2D eigenvalue weighted by atomic mass is 35.5. The Bertz CT molecular complexity index is 422. The molecular weight excluding hydrogens is 297 g/mol. The average molecular weight is 313 g/mol. The third-order valence-electron chi connectivity index (χ3n) is 2.21. The number of alkyl halides is 3. The minimum Gasteiger partial charge on any atom is -0.484 e. The highest BCUT2D eigenvalue weighted by Gasteiger charge is 2.28. The van der Waals surface area contributed by atoms with Crippen LogP contribution in [0.1, 0.15) is 12.5 Å². The molecule has 1 atom stereocenters. The van der Waals surface area contributed by atoms with Crippen molar-refractivity contribution >= 4 is 18.3 Å². The number of carbonyl (C=O) groups is 1. The largest absolute Gasteiger partial charge is 0.484 e. The number of benzene rings is 1. The third-order valence-corrected chi connectivity index (χ3v) is 2.21. The molecule has 20 heavy (non-hydrogen) atoms. The van der Waals surface area contributed by atoms with Gasteiger partial charge in [0.05, 0.1) is 6.04 Å². The summed E-state index contributed by atoms with van der Waals surface area (Å²) in [6.45, 7) is 0.497. The van der Waals surface area contributed by atoms with E-state index in [9.17, 15) is 18.0 Å². The summed E-state index contributed by atoms with van der Waals surface area (Å²) >= 11 is 0. The van der Waals surface area contributed by atoms with Crippen LogP contribution in [0, 0.1) is 0 Å². The molecule has 0 saturated carbocycles. The van der Waals surface area contributed by atoms with Gasteiger partial charge in [-0.1, -0.05) is 12.1 Å². The number of amides is 1. The van der Waals surface area contributed by atoms with Gasteiger partial charge in [0.15, 0.2) is 6.61 Å². The molecule has 0 aliphatic rings. The van der Waals surface area contributed by atoms with Gasteiger partial charge in [-0.05, 0) is 24.6 Å². The van der Waals surface area contributed by atoms with E-state index >= 15 is 0 Å². The van der Waals surface area contributed by atoms with Gasteiger partial charge in [-0.25, -0.2) is 0 Å². The molecule has 1 aromatic rings. The lowest BCUT2D eigenvalue weighted by molar-refractivity contribution is -0.153. The highest BCUT2D eigenvalue weighted by Crippen LogP contribution is 2.18. The van der Waals surface area contributed by atoms with Gasteiger partial charge in [0.25, 0.3) is 0 Å². The lowest BCUT2D eigenvalue weighted by Gasteiger charge is -2.10. The normalized spacial score (nSPS) is 12.2. The maximum absolute atomic E-state index is 11.9. The molecule has 4 nitrogen and oxygen atoms in total. The quantitative estimate of drug-likeness (QED) is 0.874. The summed E-state index contributed by atoms with van der Waals surface area (Å²) in [7, 11) is 0. The topological polar surface area (TPSA) is 64.4 Å². The minimum absolute atomic E-state index is 0. The van der Waals surface area contributed by atoms with E-state index in [2.05, 4.69) is 10.1 Å². The number of nitrogens with two attached hydrogens (primary N) is 1. The van der Waals surface area contributed by atoms with Crippen LogP contribution in [-0.4, -0.2) is 24.7 Å². The van der Waals surface area contributed by atoms with Gasteiger partial charge < -0.3 is 15.8 Å². The summed E-state index contributed by atoms with van der Waals surface area (Å²) in [5.41, 5.74) is 6.11. The Morgan fingerprint density at radius 1 is 1.35 bits per heavy atom. The van der Waals surface area contributed by atoms with Crippen molar-refractivity contribution in [3.8, 4) is 5.75 Å². The van der Waals surface area contributed by atoms with Crippen molar-refractivity contribution in [3.05, 3.63) is 29.8 Å². The molecule has 0 unspecified atom stereocenters. The van der Waals surface area contributed by atoms with Gasteiger partial charge in [-0.3, -0.25) is 4.79 Å². The van der Waals surface area contributed by atoms with Crippen LogP contribution in [-0.2, 0) is 11.3 Å². The Morgan fingerprint density at radius 3 is 2.35 bits per heavy atom. The Morgan fingerprint density at radius 2 is 1.90 bits per heavy atom. The van der Waals surface area contributed by atoms with Crippen molar-refractivity contribution in [1.82, 2.24) is 5.32 Å². The molecule has 0 heterocycles. The second-order valence-corrected chi connectivity index (χ2v) is 4.05. The number of hydrogen-bond donors (Lipinski definition) is 2. The van der Waals surface area contributed by atoms with E-state index in [1.54, 1.807) is 19.1 Å². The first-order valence-electron chi connectivity index (χ1n) is 5.60. The molecule has 0 aliphatic heterocycles. The summed E-state index contributed by atoms with van der Waals surface area (Å²) in [5.74, 6) is -0.169. The number of halogens is 4. The van der Waals surface area contributed by atoms with Crippen molar-refractivity contribution in [2.45, 2.75) is 25.7 Å². The third kappa shape index (κ3) is 7.20. The summed E-state index contributed by atoms with van der Waals surface area (Å²) in [6.07, 6.45) is -4.36. The van der Waals surface area contributed by atoms with E-state index in [1.807, 2.05) is 0 Å². The van der Waals surface area contributed by atoms with Gasteiger partial charge in [-0.15, -0.1) is 12.4 Å². The molecule has 0 radical (unpaired) electrons. The molecule has 114 valence electrons. The fourth-order valence-electron chi connectivity index (χ4n) is 1.22. The molecule has 1 aromatic carbocycles. The standard InChI is InChI=1S/C12H15F3N2O2.ClH/c1-8(16)11(18)17-6-9-2-4-10(5-3-9)19-7-12(13,14)15;/h2-5,8H,6-7,16H2,1H3,(H,17,18);1H/t8-;/m0./s1. The fraction of sp³-hybridized carbons (Fsp3) is 0.417. The van der Waals surface area contributed by atoms with Crippen molar-refractivity contribution in [3.63, 3.8) is 0 Å². The Labute approximate surface area is 120 Å². The molecule has 8 heteroatoms. The maximum Gasteiger partial charge on any atom is 0.422 e. The van der Waals surface area contributed by atoms with E-state index in [0.717, 1.165) is 5.56 Å². The molecule has 0 saturated heterocycles. The van der Waals surface area contributed by atoms with Crippen molar-refractivity contribution < 1.29 is 22.7 Å². The van der Waals surface area contributed by atoms with Crippen LogP contribution in [0.5, 0.6) is 5.75 Å². The van der Waals surface area contributed by atoms with Gasteiger partial charge in [0, 0.05) is 6.54 Å². The Hall–Kier alpha value is -1.47. The first-order chi connectivity index (χ1) is 8.78. The van der Waals surface area contributed by atoms with Crippen LogP contribution in [0.2, 0.25) is 0 Å². The average Bonchev–Trinajstić information content (AvgIpc) is 2.33. The summed E-state index contributed by atoms with van der Waals surface area (Å²) < 4.78 is 40.3. The van der Waals surface area contributed by atoms with Gasteiger partial charge in [0.1, 0.15) is 5.75 Å². The molecule has 3 N–H and O–H groups in total. The smallest absolute Gasteiger partial charge is 0.422 e. The number of ether oxygens (including phenoxy) is 1. The summed E-state index contributed by atoms with van der Waals surface area (Å²) in [6, 6.07) is 5.38. The van der Waals surface area contributed by atoms with Crippen LogP contribution in [0.3, 0.4) is 0 Å². The lowest BCUT2D eigenvalue weighted by Crippen LogP contribution is -2.37. The van der Waals surface area contributed by atoms with E-state index in [1.165, 1.54) is 12.1 Å². The van der Waals surface area contributed by atoms with Crippen LogP contribution in [0.4, 0.5) is 13.2 Å². The van der Waals surface area contributed by atoms with Gasteiger partial charge >= 0.3 is 6.18 Å². The zero-order chi connectivity index (χ0) is 14.5. The zero-order valence-electron chi connectivity index (χ0n) is 10.7. The van der Waals surface area contributed by atoms with Gasteiger partial charge in [0.2, 0.25) is 5.91 Å². The van der Waals surface area contributed by atoms with Crippen LogP contribution in [0.15, 0.2) is 24.3 Å².